The predicted molar refractivity (Wildman–Crippen MR) is 171 cm³/mol. The lowest BCUT2D eigenvalue weighted by Gasteiger charge is -2.14. The fourth-order valence-corrected chi connectivity index (χ4v) is 5.61. The first-order valence-electron chi connectivity index (χ1n) is 14.7. The lowest BCUT2D eigenvalue weighted by atomic mass is 10.1. The van der Waals surface area contributed by atoms with Crippen LogP contribution in [0.4, 0.5) is 11.5 Å². The quantitative estimate of drug-likeness (QED) is 0.177. The second-order valence-electron chi connectivity index (χ2n) is 10.7. The average molecular weight is 612 g/mol. The Morgan fingerprint density at radius 3 is 2.70 bits per heavy atom. The Bertz CT molecular complexity index is 1740. The molecule has 0 bridgehead atoms. The summed E-state index contributed by atoms with van der Waals surface area (Å²) in [6, 6.07) is 17.0. The molecule has 44 heavy (non-hydrogen) atoms. The van der Waals surface area contributed by atoms with E-state index in [-0.39, 0.29) is 12.5 Å². The average Bonchev–Trinajstić information content (AvgIpc) is 3.72. The number of benzene rings is 2. The molecule has 11 heteroatoms. The Hall–Kier alpha value is -4.51. The molecule has 0 saturated carbocycles. The van der Waals surface area contributed by atoms with Gasteiger partial charge in [-0.2, -0.15) is 0 Å². The highest BCUT2D eigenvalue weighted by atomic mass is 35.5. The molecular weight excluding hydrogens is 578 g/mol. The number of ether oxygens (including phenoxy) is 1. The Balaban J connectivity index is 1.20. The number of halogens is 1. The van der Waals surface area contributed by atoms with E-state index < -0.39 is 0 Å². The molecule has 0 unspecified atom stereocenters. The van der Waals surface area contributed by atoms with Gasteiger partial charge in [-0.15, -0.1) is 0 Å². The van der Waals surface area contributed by atoms with Crippen molar-refractivity contribution in [3.05, 3.63) is 101 Å². The zero-order valence-corrected chi connectivity index (χ0v) is 25.0. The number of amides is 1. The van der Waals surface area contributed by atoms with Crippen molar-refractivity contribution in [2.24, 2.45) is 0 Å². The number of carbonyl (C=O) groups is 1. The molecule has 1 aliphatic heterocycles. The number of anilines is 2. The van der Waals surface area contributed by atoms with Crippen LogP contribution in [0.1, 0.15) is 34.5 Å². The van der Waals surface area contributed by atoms with Crippen LogP contribution in [-0.2, 0) is 13.0 Å². The highest BCUT2D eigenvalue weighted by molar-refractivity contribution is 6.32. The molecule has 1 fully saturated rings. The Labute approximate surface area is 260 Å². The van der Waals surface area contributed by atoms with Crippen LogP contribution in [0, 0.1) is 0 Å². The van der Waals surface area contributed by atoms with Gasteiger partial charge in [-0.3, -0.25) is 9.78 Å². The Kier molecular flexibility index (Phi) is 9.31. The number of rotatable bonds is 12. The van der Waals surface area contributed by atoms with Crippen molar-refractivity contribution < 1.29 is 14.6 Å². The van der Waals surface area contributed by atoms with Crippen LogP contribution < -0.4 is 15.4 Å². The van der Waals surface area contributed by atoms with Crippen LogP contribution >= 0.6 is 11.6 Å². The van der Waals surface area contributed by atoms with Gasteiger partial charge >= 0.3 is 0 Å². The van der Waals surface area contributed by atoms with E-state index in [2.05, 4.69) is 30.5 Å². The fourth-order valence-electron chi connectivity index (χ4n) is 5.37. The van der Waals surface area contributed by atoms with Crippen molar-refractivity contribution in [1.82, 2.24) is 29.7 Å². The second-order valence-corrected chi connectivity index (χ2v) is 11.1. The molecule has 2 aromatic carbocycles. The monoisotopic (exact) mass is 611 g/mol. The zero-order chi connectivity index (χ0) is 30.3. The van der Waals surface area contributed by atoms with Crippen molar-refractivity contribution in [2.45, 2.75) is 25.9 Å². The van der Waals surface area contributed by atoms with Crippen LogP contribution in [0.25, 0.3) is 16.6 Å². The Morgan fingerprint density at radius 2 is 1.91 bits per heavy atom. The van der Waals surface area contributed by atoms with Gasteiger partial charge in [-0.1, -0.05) is 17.7 Å². The lowest BCUT2D eigenvalue weighted by Crippen LogP contribution is -2.33. The number of hydrogen-bond donors (Lipinski definition) is 3. The molecule has 1 amide bonds. The molecule has 226 valence electrons. The molecule has 10 nitrogen and oxygen atoms in total. The number of aliphatic hydroxyl groups is 1. The van der Waals surface area contributed by atoms with E-state index in [1.54, 1.807) is 12.3 Å². The molecular formula is C33H34ClN7O3. The summed E-state index contributed by atoms with van der Waals surface area (Å²) >= 11 is 6.54. The van der Waals surface area contributed by atoms with Gasteiger partial charge in [0.05, 0.1) is 21.8 Å². The van der Waals surface area contributed by atoms with Crippen LogP contribution in [0.5, 0.6) is 5.75 Å². The number of aromatic nitrogens is 4. The molecule has 0 spiro atoms. The van der Waals surface area contributed by atoms with Crippen molar-refractivity contribution in [1.29, 1.82) is 0 Å². The van der Waals surface area contributed by atoms with Crippen molar-refractivity contribution >= 4 is 39.9 Å². The third-order valence-corrected chi connectivity index (χ3v) is 7.96. The summed E-state index contributed by atoms with van der Waals surface area (Å²) in [6.45, 7) is 3.87. The fraction of sp³-hybridized carbons (Fsp3) is 0.273. The molecule has 0 radical (unpaired) electrons. The van der Waals surface area contributed by atoms with E-state index in [0.29, 0.717) is 41.7 Å². The van der Waals surface area contributed by atoms with Crippen LogP contribution in [0.2, 0.25) is 5.02 Å². The summed E-state index contributed by atoms with van der Waals surface area (Å²) in [5.74, 6) is 1.03. The van der Waals surface area contributed by atoms with E-state index in [1.807, 2.05) is 65.5 Å². The standard InChI is InChI=1S/C33H34ClN7O3/c34-29-17-24(6-9-31(29)44-21-25-5-1-2-11-35-25)39-32-27-18-26(7-8-30(27)37-22-38-32)41-19-23(10-16-42)28(20-41)33(43)36-12-15-40-13-3-4-14-40/h1-2,5-9,11,17-20,22,42H,3-4,10,12-16,21H2,(H,36,43)(H,37,38,39). The van der Waals surface area contributed by atoms with Gasteiger partial charge in [0.25, 0.3) is 5.91 Å². The maximum atomic E-state index is 13.1. The summed E-state index contributed by atoms with van der Waals surface area (Å²) in [7, 11) is 0. The first kappa shape index (κ1) is 29.6. The van der Waals surface area contributed by atoms with Gasteiger partial charge in [-0.25, -0.2) is 9.97 Å². The minimum Gasteiger partial charge on any atom is -0.486 e. The summed E-state index contributed by atoms with van der Waals surface area (Å²) in [6.07, 6.45) is 9.76. The third-order valence-electron chi connectivity index (χ3n) is 7.66. The minimum absolute atomic E-state index is 0.0484. The second kappa shape index (κ2) is 13.9. The van der Waals surface area contributed by atoms with E-state index in [4.69, 9.17) is 16.3 Å². The van der Waals surface area contributed by atoms with Gasteiger partial charge in [0.15, 0.2) is 0 Å². The summed E-state index contributed by atoms with van der Waals surface area (Å²) in [5.41, 5.74) is 4.49. The van der Waals surface area contributed by atoms with Crippen LogP contribution in [-0.4, -0.2) is 68.2 Å². The number of nitrogens with one attached hydrogen (secondary N) is 2. The number of likely N-dealkylation sites (tertiary alicyclic amines) is 1. The van der Waals surface area contributed by atoms with E-state index in [0.717, 1.165) is 53.2 Å². The van der Waals surface area contributed by atoms with Gasteiger partial charge in [0.2, 0.25) is 0 Å². The molecule has 0 atom stereocenters. The first-order chi connectivity index (χ1) is 21.6. The number of fused-ring (bicyclic) bond motifs is 1. The van der Waals surface area contributed by atoms with E-state index >= 15 is 0 Å². The highest BCUT2D eigenvalue weighted by Crippen LogP contribution is 2.31. The highest BCUT2D eigenvalue weighted by Gasteiger charge is 2.17. The van der Waals surface area contributed by atoms with Crippen LogP contribution in [0.15, 0.2) is 79.5 Å². The molecule has 4 heterocycles. The smallest absolute Gasteiger partial charge is 0.253 e. The Morgan fingerprint density at radius 1 is 1.02 bits per heavy atom. The number of aliphatic hydroxyl groups excluding tert-OH is 1. The van der Waals surface area contributed by atoms with Crippen LogP contribution in [0.3, 0.4) is 0 Å². The number of pyridine rings is 1. The maximum Gasteiger partial charge on any atom is 0.253 e. The van der Waals surface area contributed by atoms with Gasteiger partial charge in [-0.05, 0) is 86.4 Å². The summed E-state index contributed by atoms with van der Waals surface area (Å²) < 4.78 is 7.76. The van der Waals surface area contributed by atoms with Gasteiger partial charge in [0.1, 0.15) is 24.5 Å². The largest absolute Gasteiger partial charge is 0.486 e. The predicted octanol–water partition coefficient (Wildman–Crippen LogP) is 5.15. The molecule has 3 aromatic heterocycles. The normalized spacial score (nSPS) is 13.3. The zero-order valence-electron chi connectivity index (χ0n) is 24.2. The topological polar surface area (TPSA) is 117 Å². The molecule has 6 rings (SSSR count). The third kappa shape index (κ3) is 6.99. The van der Waals surface area contributed by atoms with E-state index in [9.17, 15) is 9.90 Å². The summed E-state index contributed by atoms with van der Waals surface area (Å²) in [5, 5.41) is 17.3. The summed E-state index contributed by atoms with van der Waals surface area (Å²) in [4.78, 5) is 28.7. The number of carbonyl (C=O) groups excluding carboxylic acids is 1. The van der Waals surface area contributed by atoms with Gasteiger partial charge in [0, 0.05) is 55.0 Å². The van der Waals surface area contributed by atoms with Crippen molar-refractivity contribution in [3.8, 4) is 11.4 Å². The SMILES string of the molecule is O=C(NCCN1CCCC1)c1cn(-c2ccc3ncnc(Nc4ccc(OCc5ccccn5)c(Cl)c4)c3c2)cc1CCO. The molecule has 3 N–H and O–H groups in total. The maximum absolute atomic E-state index is 13.1. The molecule has 0 aliphatic carbocycles. The number of hydrogen-bond acceptors (Lipinski definition) is 8. The van der Waals surface area contributed by atoms with E-state index in [1.165, 1.54) is 19.2 Å². The van der Waals surface area contributed by atoms with Crippen molar-refractivity contribution in [2.75, 3.05) is 38.1 Å². The molecule has 5 aromatic rings. The van der Waals surface area contributed by atoms with Gasteiger partial charge < -0.3 is 29.9 Å². The van der Waals surface area contributed by atoms with Crippen molar-refractivity contribution in [3.63, 3.8) is 0 Å². The lowest BCUT2D eigenvalue weighted by molar-refractivity contribution is 0.0948. The minimum atomic E-state index is -0.137. The molecule has 1 aliphatic rings. The first-order valence-corrected chi connectivity index (χ1v) is 15.1. The number of nitrogens with zero attached hydrogens (tertiary/aromatic N) is 5. The molecule has 1 saturated heterocycles.